The molecule has 0 aliphatic heterocycles. The van der Waals surface area contributed by atoms with E-state index < -0.39 is 20.6 Å². The second-order valence-electron chi connectivity index (χ2n) is 6.66. The molecule has 164 valence electrons. The second-order valence-corrected chi connectivity index (χ2v) is 9.54. The molecular formula is C21H23N3O5S2. The number of hydrogen-bond acceptors (Lipinski definition) is 7. The maximum absolute atomic E-state index is 12.7. The third-order valence-corrected chi connectivity index (χ3v) is 7.59. The zero-order valence-electron chi connectivity index (χ0n) is 17.2. The smallest absolute Gasteiger partial charge is 0.312 e. The maximum Gasteiger partial charge on any atom is 0.312 e. The fraction of sp³-hybridized carbons (Fsp3) is 0.286. The van der Waals surface area contributed by atoms with Crippen LogP contribution in [-0.4, -0.2) is 35.7 Å². The van der Waals surface area contributed by atoms with E-state index in [0.29, 0.717) is 12.1 Å². The van der Waals surface area contributed by atoms with E-state index in [1.54, 1.807) is 13.8 Å². The third-order valence-electron chi connectivity index (χ3n) is 4.64. The summed E-state index contributed by atoms with van der Waals surface area (Å²) < 4.78 is 32.2. The molecule has 0 radical (unpaired) electrons. The average molecular weight is 462 g/mol. The van der Waals surface area contributed by atoms with Crippen LogP contribution in [0.15, 0.2) is 58.8 Å². The fourth-order valence-corrected chi connectivity index (χ4v) is 5.34. The molecule has 0 amide bonds. The summed E-state index contributed by atoms with van der Waals surface area (Å²) >= 11 is 1.49. The van der Waals surface area contributed by atoms with Crippen LogP contribution in [0.25, 0.3) is 0 Å². The first-order valence-electron chi connectivity index (χ1n) is 9.73. The van der Waals surface area contributed by atoms with E-state index in [1.165, 1.54) is 27.8 Å². The molecule has 0 aliphatic carbocycles. The molecule has 0 spiro atoms. The molecule has 0 unspecified atom stereocenters. The molecule has 3 rings (SSSR count). The van der Waals surface area contributed by atoms with Gasteiger partial charge in [-0.1, -0.05) is 44.2 Å². The summed E-state index contributed by atoms with van der Waals surface area (Å²) in [6, 6.07) is 13.6. The Morgan fingerprint density at radius 1 is 1.13 bits per heavy atom. The highest BCUT2D eigenvalue weighted by molar-refractivity contribution is 7.89. The minimum atomic E-state index is -3.80. The lowest BCUT2D eigenvalue weighted by Crippen LogP contribution is -2.30. The lowest BCUT2D eigenvalue weighted by molar-refractivity contribution is -0.386. The van der Waals surface area contributed by atoms with Crippen LogP contribution >= 0.6 is 11.3 Å². The molecule has 0 atom stereocenters. The van der Waals surface area contributed by atoms with Gasteiger partial charge in [0.1, 0.15) is 6.61 Å². The van der Waals surface area contributed by atoms with Crippen molar-refractivity contribution in [1.29, 1.82) is 0 Å². The first kappa shape index (κ1) is 22.9. The quantitative estimate of drug-likeness (QED) is 0.330. The SMILES string of the molecule is CCN(CC)S(=O)(=O)c1ccc(OCc2csc(Cc3ccccc3)n2)c([N+](=O)[O-])c1. The summed E-state index contributed by atoms with van der Waals surface area (Å²) in [4.78, 5) is 15.3. The van der Waals surface area contributed by atoms with Gasteiger partial charge < -0.3 is 4.74 Å². The molecule has 1 aromatic heterocycles. The summed E-state index contributed by atoms with van der Waals surface area (Å²) in [5.74, 6) is 0.00102. The van der Waals surface area contributed by atoms with Gasteiger partial charge in [0.25, 0.3) is 0 Å². The van der Waals surface area contributed by atoms with Gasteiger partial charge in [-0.05, 0) is 17.7 Å². The second kappa shape index (κ2) is 9.99. The number of nitro benzene ring substituents is 1. The average Bonchev–Trinajstić information content (AvgIpc) is 3.20. The summed E-state index contributed by atoms with van der Waals surface area (Å²) in [6.07, 6.45) is 0.698. The van der Waals surface area contributed by atoms with Gasteiger partial charge in [0.05, 0.1) is 20.5 Å². The zero-order valence-corrected chi connectivity index (χ0v) is 18.9. The summed E-state index contributed by atoms with van der Waals surface area (Å²) in [5.41, 5.74) is 1.41. The topological polar surface area (TPSA) is 103 Å². The van der Waals surface area contributed by atoms with E-state index in [-0.39, 0.29) is 30.3 Å². The molecule has 0 saturated heterocycles. The number of ether oxygens (including phenoxy) is 1. The van der Waals surface area contributed by atoms with Gasteiger partial charge in [-0.3, -0.25) is 10.1 Å². The number of thiazole rings is 1. The van der Waals surface area contributed by atoms with E-state index in [0.717, 1.165) is 16.6 Å². The summed E-state index contributed by atoms with van der Waals surface area (Å²) in [7, 11) is -3.80. The Bertz CT molecular complexity index is 1140. The van der Waals surface area contributed by atoms with Crippen molar-refractivity contribution in [3.8, 4) is 5.75 Å². The normalized spacial score (nSPS) is 11.6. The standard InChI is InChI=1S/C21H23N3O5S2/c1-3-23(4-2)31(27,28)18-10-11-20(19(13-18)24(25)26)29-14-17-15-30-21(22-17)12-16-8-6-5-7-9-16/h5-11,13,15H,3-4,12,14H2,1-2H3. The molecule has 2 aromatic carbocycles. The third kappa shape index (κ3) is 5.46. The number of nitrogens with zero attached hydrogens (tertiary/aromatic N) is 3. The minimum absolute atomic E-state index is 0.00102. The number of aromatic nitrogens is 1. The van der Waals surface area contributed by atoms with Crippen molar-refractivity contribution in [3.63, 3.8) is 0 Å². The fourth-order valence-electron chi connectivity index (χ4n) is 3.05. The number of nitro groups is 1. The lowest BCUT2D eigenvalue weighted by Gasteiger charge is -2.18. The van der Waals surface area contributed by atoms with Crippen molar-refractivity contribution >= 4 is 27.0 Å². The van der Waals surface area contributed by atoms with Gasteiger partial charge in [-0.2, -0.15) is 4.31 Å². The van der Waals surface area contributed by atoms with Crippen LogP contribution < -0.4 is 4.74 Å². The van der Waals surface area contributed by atoms with Gasteiger partial charge in [-0.25, -0.2) is 13.4 Å². The van der Waals surface area contributed by atoms with Crippen molar-refractivity contribution in [2.24, 2.45) is 0 Å². The molecule has 0 bridgehead atoms. The van der Waals surface area contributed by atoms with Crippen molar-refractivity contribution in [2.45, 2.75) is 31.8 Å². The van der Waals surface area contributed by atoms with Crippen molar-refractivity contribution in [2.75, 3.05) is 13.1 Å². The largest absolute Gasteiger partial charge is 0.480 e. The Labute approximate surface area is 185 Å². The van der Waals surface area contributed by atoms with Crippen LogP contribution in [0.2, 0.25) is 0 Å². The van der Waals surface area contributed by atoms with E-state index in [2.05, 4.69) is 4.98 Å². The lowest BCUT2D eigenvalue weighted by atomic mass is 10.2. The van der Waals surface area contributed by atoms with Crippen LogP contribution in [0.3, 0.4) is 0 Å². The summed E-state index contributed by atoms with van der Waals surface area (Å²) in [6.45, 7) is 4.04. The number of hydrogen-bond donors (Lipinski definition) is 0. The molecule has 0 aliphatic rings. The van der Waals surface area contributed by atoms with Crippen LogP contribution in [0.5, 0.6) is 5.75 Å². The predicted molar refractivity (Wildman–Crippen MR) is 119 cm³/mol. The Hall–Kier alpha value is -2.82. The van der Waals surface area contributed by atoms with Crippen molar-refractivity contribution in [3.05, 3.63) is 80.3 Å². The molecule has 1 heterocycles. The van der Waals surface area contributed by atoms with Gasteiger partial charge in [-0.15, -0.1) is 11.3 Å². The highest BCUT2D eigenvalue weighted by Gasteiger charge is 2.26. The molecule has 0 fully saturated rings. The summed E-state index contributed by atoms with van der Waals surface area (Å²) in [5, 5.41) is 14.3. The molecule has 31 heavy (non-hydrogen) atoms. The molecule has 0 N–H and O–H groups in total. The van der Waals surface area contributed by atoms with E-state index in [1.807, 2.05) is 35.7 Å². The Kier molecular flexibility index (Phi) is 7.37. The van der Waals surface area contributed by atoms with Crippen LogP contribution in [-0.2, 0) is 23.1 Å². The van der Waals surface area contributed by atoms with E-state index in [9.17, 15) is 18.5 Å². The maximum atomic E-state index is 12.7. The van der Waals surface area contributed by atoms with Gasteiger partial charge in [0.2, 0.25) is 10.0 Å². The van der Waals surface area contributed by atoms with E-state index >= 15 is 0 Å². The molecular weight excluding hydrogens is 438 g/mol. The van der Waals surface area contributed by atoms with Crippen molar-refractivity contribution < 1.29 is 18.1 Å². The molecule has 10 heteroatoms. The number of sulfonamides is 1. The highest BCUT2D eigenvalue weighted by Crippen LogP contribution is 2.31. The predicted octanol–water partition coefficient (Wildman–Crippen LogP) is 4.25. The molecule has 3 aromatic rings. The number of benzene rings is 2. The minimum Gasteiger partial charge on any atom is -0.480 e. The van der Waals surface area contributed by atoms with Gasteiger partial charge in [0, 0.05) is 31.0 Å². The Morgan fingerprint density at radius 3 is 2.48 bits per heavy atom. The number of rotatable bonds is 10. The Balaban J connectivity index is 1.75. The zero-order chi connectivity index (χ0) is 22.4. The first-order valence-corrected chi connectivity index (χ1v) is 12.1. The Morgan fingerprint density at radius 2 is 1.84 bits per heavy atom. The van der Waals surface area contributed by atoms with Crippen molar-refractivity contribution in [1.82, 2.24) is 9.29 Å². The van der Waals surface area contributed by atoms with Gasteiger partial charge in [0.15, 0.2) is 5.75 Å². The van der Waals surface area contributed by atoms with Crippen LogP contribution in [0, 0.1) is 10.1 Å². The first-order chi connectivity index (χ1) is 14.8. The highest BCUT2D eigenvalue weighted by atomic mass is 32.2. The van der Waals surface area contributed by atoms with E-state index in [4.69, 9.17) is 4.74 Å². The van der Waals surface area contributed by atoms with Crippen LogP contribution in [0.4, 0.5) is 5.69 Å². The van der Waals surface area contributed by atoms with Crippen LogP contribution in [0.1, 0.15) is 30.1 Å². The molecule has 8 nitrogen and oxygen atoms in total. The van der Waals surface area contributed by atoms with Gasteiger partial charge >= 0.3 is 5.69 Å². The monoisotopic (exact) mass is 461 g/mol. The molecule has 0 saturated carbocycles.